The molecule has 0 bridgehead atoms. The van der Waals surface area contributed by atoms with E-state index in [2.05, 4.69) is 73.2 Å². The Morgan fingerprint density at radius 3 is 2.60 bits per heavy atom. The van der Waals surface area contributed by atoms with Crippen molar-refractivity contribution in [3.05, 3.63) is 34.3 Å². The van der Waals surface area contributed by atoms with Crippen LogP contribution in [0.15, 0.2) is 28.7 Å². The molecular formula is C17H28BrNO. The van der Waals surface area contributed by atoms with Crippen LogP contribution in [-0.4, -0.2) is 25.3 Å². The summed E-state index contributed by atoms with van der Waals surface area (Å²) in [7, 11) is 0. The van der Waals surface area contributed by atoms with Crippen LogP contribution >= 0.6 is 15.9 Å². The number of rotatable bonds is 8. The molecule has 0 amide bonds. The van der Waals surface area contributed by atoms with E-state index in [1.807, 2.05) is 0 Å². The molecule has 1 aromatic carbocycles. The van der Waals surface area contributed by atoms with Crippen LogP contribution in [0.2, 0.25) is 0 Å². The molecule has 114 valence electrons. The van der Waals surface area contributed by atoms with Crippen LogP contribution in [0.3, 0.4) is 0 Å². The van der Waals surface area contributed by atoms with E-state index >= 15 is 0 Å². The van der Waals surface area contributed by atoms with Gasteiger partial charge in [-0.15, -0.1) is 0 Å². The van der Waals surface area contributed by atoms with Crippen molar-refractivity contribution in [3.8, 4) is 0 Å². The molecule has 1 N–H and O–H groups in total. The highest BCUT2D eigenvalue weighted by molar-refractivity contribution is 9.10. The van der Waals surface area contributed by atoms with Gasteiger partial charge in [-0.1, -0.05) is 35.0 Å². The minimum atomic E-state index is 0.147. The molecule has 0 aromatic heterocycles. The molecule has 0 fully saturated rings. The molecule has 0 aliphatic rings. The second-order valence-electron chi connectivity index (χ2n) is 6.28. The van der Waals surface area contributed by atoms with Crippen LogP contribution in [0.25, 0.3) is 0 Å². The molecule has 1 atom stereocenters. The summed E-state index contributed by atoms with van der Waals surface area (Å²) >= 11 is 3.56. The number of ether oxygens (including phenoxy) is 1. The molecular weight excluding hydrogens is 314 g/mol. The third-order valence-corrected chi connectivity index (χ3v) is 3.65. The number of hydrogen-bond donors (Lipinski definition) is 1. The molecule has 0 aliphatic carbocycles. The predicted molar refractivity (Wildman–Crippen MR) is 90.4 cm³/mol. The van der Waals surface area contributed by atoms with Gasteiger partial charge >= 0.3 is 0 Å². The first-order valence-corrected chi connectivity index (χ1v) is 8.30. The van der Waals surface area contributed by atoms with Gasteiger partial charge in [-0.05, 0) is 57.2 Å². The fourth-order valence-electron chi connectivity index (χ4n) is 2.05. The smallest absolute Gasteiger partial charge is 0.0472 e. The largest absolute Gasteiger partial charge is 0.381 e. The first-order chi connectivity index (χ1) is 9.42. The van der Waals surface area contributed by atoms with Crippen LogP contribution in [-0.2, 0) is 4.74 Å². The lowest BCUT2D eigenvalue weighted by atomic mass is 9.95. The van der Waals surface area contributed by atoms with Gasteiger partial charge in [0.15, 0.2) is 0 Å². The highest BCUT2D eigenvalue weighted by Gasteiger charge is 2.16. The molecule has 0 saturated heterocycles. The van der Waals surface area contributed by atoms with Crippen molar-refractivity contribution in [3.63, 3.8) is 0 Å². The lowest BCUT2D eigenvalue weighted by Gasteiger charge is -2.26. The van der Waals surface area contributed by atoms with E-state index in [1.54, 1.807) is 0 Å². The standard InChI is InChI=1S/C17H28BrNO/c1-5-10-20-11-9-15(13-19-17(2,3)4)14-7-6-8-16(18)12-14/h6-8,12,15,19H,5,9-11,13H2,1-4H3. The summed E-state index contributed by atoms with van der Waals surface area (Å²) < 4.78 is 6.80. The molecule has 20 heavy (non-hydrogen) atoms. The van der Waals surface area contributed by atoms with Crippen LogP contribution in [0.1, 0.15) is 52.0 Å². The Morgan fingerprint density at radius 1 is 1.25 bits per heavy atom. The van der Waals surface area contributed by atoms with Gasteiger partial charge in [0.1, 0.15) is 0 Å². The maximum absolute atomic E-state index is 5.66. The maximum Gasteiger partial charge on any atom is 0.0472 e. The van der Waals surface area contributed by atoms with Crippen molar-refractivity contribution < 1.29 is 4.74 Å². The molecule has 2 nitrogen and oxygen atoms in total. The number of nitrogens with one attached hydrogen (secondary N) is 1. The molecule has 3 heteroatoms. The topological polar surface area (TPSA) is 21.3 Å². The fourth-order valence-corrected chi connectivity index (χ4v) is 2.47. The van der Waals surface area contributed by atoms with Crippen LogP contribution < -0.4 is 5.32 Å². The lowest BCUT2D eigenvalue weighted by molar-refractivity contribution is 0.126. The number of halogens is 1. The van der Waals surface area contributed by atoms with Crippen molar-refractivity contribution in [2.45, 2.75) is 52.0 Å². The third kappa shape index (κ3) is 7.41. The average Bonchev–Trinajstić information content (AvgIpc) is 2.36. The summed E-state index contributed by atoms with van der Waals surface area (Å²) in [4.78, 5) is 0. The van der Waals surface area contributed by atoms with E-state index in [1.165, 1.54) is 5.56 Å². The van der Waals surface area contributed by atoms with E-state index in [-0.39, 0.29) is 5.54 Å². The Morgan fingerprint density at radius 2 is 2.00 bits per heavy atom. The second-order valence-corrected chi connectivity index (χ2v) is 7.20. The van der Waals surface area contributed by atoms with Gasteiger partial charge in [0, 0.05) is 29.8 Å². The zero-order chi connectivity index (χ0) is 15.0. The van der Waals surface area contributed by atoms with Gasteiger partial charge in [-0.3, -0.25) is 0 Å². The van der Waals surface area contributed by atoms with Crippen molar-refractivity contribution in [1.82, 2.24) is 5.32 Å². The van der Waals surface area contributed by atoms with Crippen LogP contribution in [0.4, 0.5) is 0 Å². The molecule has 1 rings (SSSR count). The number of benzene rings is 1. The second kappa shape index (κ2) is 8.81. The molecule has 1 aromatic rings. The van der Waals surface area contributed by atoms with Gasteiger partial charge in [0.05, 0.1) is 0 Å². The maximum atomic E-state index is 5.66. The minimum absolute atomic E-state index is 0.147. The number of hydrogen-bond acceptors (Lipinski definition) is 2. The van der Waals surface area contributed by atoms with Gasteiger partial charge in [-0.2, -0.15) is 0 Å². The first-order valence-electron chi connectivity index (χ1n) is 7.50. The molecule has 0 radical (unpaired) electrons. The average molecular weight is 342 g/mol. The van der Waals surface area contributed by atoms with E-state index in [9.17, 15) is 0 Å². The van der Waals surface area contributed by atoms with E-state index in [0.717, 1.165) is 37.1 Å². The van der Waals surface area contributed by atoms with Crippen molar-refractivity contribution in [1.29, 1.82) is 0 Å². The van der Waals surface area contributed by atoms with Crippen molar-refractivity contribution in [2.24, 2.45) is 0 Å². The fraction of sp³-hybridized carbons (Fsp3) is 0.647. The predicted octanol–water partition coefficient (Wildman–Crippen LogP) is 4.74. The zero-order valence-electron chi connectivity index (χ0n) is 13.2. The summed E-state index contributed by atoms with van der Waals surface area (Å²) in [6.45, 7) is 11.4. The molecule has 1 unspecified atom stereocenters. The summed E-state index contributed by atoms with van der Waals surface area (Å²) in [5.41, 5.74) is 1.52. The summed E-state index contributed by atoms with van der Waals surface area (Å²) in [5.74, 6) is 0.489. The van der Waals surface area contributed by atoms with Crippen molar-refractivity contribution in [2.75, 3.05) is 19.8 Å². The first kappa shape index (κ1) is 17.7. The molecule has 0 spiro atoms. The monoisotopic (exact) mass is 341 g/mol. The Balaban J connectivity index is 2.63. The van der Waals surface area contributed by atoms with Crippen molar-refractivity contribution >= 4 is 15.9 Å². The van der Waals surface area contributed by atoms with E-state index in [0.29, 0.717) is 5.92 Å². The summed E-state index contributed by atoms with van der Waals surface area (Å²) in [6, 6.07) is 8.61. The Bertz CT molecular complexity index is 387. The normalized spacial score (nSPS) is 13.4. The van der Waals surface area contributed by atoms with Crippen LogP contribution in [0.5, 0.6) is 0 Å². The van der Waals surface area contributed by atoms with Crippen LogP contribution in [0, 0.1) is 0 Å². The Kier molecular flexibility index (Phi) is 7.78. The van der Waals surface area contributed by atoms with Gasteiger partial charge < -0.3 is 10.1 Å². The van der Waals surface area contributed by atoms with Gasteiger partial charge in [0.2, 0.25) is 0 Å². The molecule has 0 aliphatic heterocycles. The third-order valence-electron chi connectivity index (χ3n) is 3.16. The lowest BCUT2D eigenvalue weighted by Crippen LogP contribution is -2.38. The molecule has 0 saturated carbocycles. The summed E-state index contributed by atoms with van der Waals surface area (Å²) in [5, 5.41) is 3.61. The highest BCUT2D eigenvalue weighted by Crippen LogP contribution is 2.23. The zero-order valence-corrected chi connectivity index (χ0v) is 14.8. The van der Waals surface area contributed by atoms with E-state index in [4.69, 9.17) is 4.74 Å². The van der Waals surface area contributed by atoms with E-state index < -0.39 is 0 Å². The SMILES string of the molecule is CCCOCCC(CNC(C)(C)C)c1cccc(Br)c1. The Labute approximate surface area is 132 Å². The summed E-state index contributed by atoms with van der Waals surface area (Å²) in [6.07, 6.45) is 2.14. The van der Waals surface area contributed by atoms with Gasteiger partial charge in [0.25, 0.3) is 0 Å². The molecule has 0 heterocycles. The highest BCUT2D eigenvalue weighted by atomic mass is 79.9. The quantitative estimate of drug-likeness (QED) is 0.689. The minimum Gasteiger partial charge on any atom is -0.381 e. The Hall–Kier alpha value is -0.380. The van der Waals surface area contributed by atoms with Gasteiger partial charge in [-0.25, -0.2) is 0 Å².